The third kappa shape index (κ3) is 3.41. The van der Waals surface area contributed by atoms with Crippen LogP contribution in [0.3, 0.4) is 0 Å². The predicted octanol–water partition coefficient (Wildman–Crippen LogP) is 2.79. The highest BCUT2D eigenvalue weighted by atomic mass is 16.4. The second kappa shape index (κ2) is 5.97. The van der Waals surface area contributed by atoms with Gasteiger partial charge in [-0.05, 0) is 18.9 Å². The lowest BCUT2D eigenvalue weighted by Gasteiger charge is -2.10. The van der Waals surface area contributed by atoms with Gasteiger partial charge in [-0.15, -0.1) is 10.2 Å². The summed E-state index contributed by atoms with van der Waals surface area (Å²) >= 11 is 0. The first kappa shape index (κ1) is 13.7. The van der Waals surface area contributed by atoms with E-state index in [0.717, 1.165) is 6.42 Å². The highest BCUT2D eigenvalue weighted by Crippen LogP contribution is 2.21. The third-order valence-electron chi connectivity index (χ3n) is 3.19. The molecule has 0 saturated heterocycles. The second-order valence-electron chi connectivity index (χ2n) is 5.26. The van der Waals surface area contributed by atoms with Crippen LogP contribution in [0.2, 0.25) is 0 Å². The Hall–Kier alpha value is -1.68. The topological polar surface area (TPSA) is 64.9 Å². The average molecular weight is 259 g/mol. The van der Waals surface area contributed by atoms with Gasteiger partial charge < -0.3 is 10.2 Å². The summed E-state index contributed by atoms with van der Waals surface area (Å²) in [5.41, 5.74) is 8.34. The fourth-order valence-corrected chi connectivity index (χ4v) is 1.92. The molecular weight excluding hydrogens is 238 g/mol. The Kier molecular flexibility index (Phi) is 4.32. The zero-order valence-corrected chi connectivity index (χ0v) is 11.8. The summed E-state index contributed by atoms with van der Waals surface area (Å²) in [4.78, 5) is 0. The van der Waals surface area contributed by atoms with Gasteiger partial charge in [0.1, 0.15) is 0 Å². The minimum absolute atomic E-state index is 0.0858. The first-order valence-electron chi connectivity index (χ1n) is 6.69. The van der Waals surface area contributed by atoms with Gasteiger partial charge in [0, 0.05) is 12.5 Å². The first-order chi connectivity index (χ1) is 9.10. The molecule has 2 aromatic rings. The molecule has 0 fully saturated rings. The van der Waals surface area contributed by atoms with Gasteiger partial charge in [0.05, 0.1) is 5.92 Å². The van der Waals surface area contributed by atoms with Gasteiger partial charge in [-0.25, -0.2) is 0 Å². The van der Waals surface area contributed by atoms with E-state index in [-0.39, 0.29) is 11.8 Å². The Morgan fingerprint density at radius 3 is 2.26 bits per heavy atom. The molecule has 1 atom stereocenters. The van der Waals surface area contributed by atoms with Crippen molar-refractivity contribution in [2.45, 2.75) is 39.0 Å². The number of rotatable bonds is 5. The number of hydrogen-bond donors (Lipinski definition) is 1. The minimum atomic E-state index is 0.0858. The molecule has 4 heteroatoms. The van der Waals surface area contributed by atoms with Gasteiger partial charge in [-0.2, -0.15) is 0 Å². The molecule has 0 spiro atoms. The van der Waals surface area contributed by atoms with Crippen LogP contribution in [-0.2, 0) is 6.42 Å². The van der Waals surface area contributed by atoms with Crippen LogP contribution in [0.15, 0.2) is 28.7 Å². The SMILES string of the molecule is Cc1ccc(CC(CN)c2nnc(C(C)C)o2)cc1. The molecule has 102 valence electrons. The zero-order valence-electron chi connectivity index (χ0n) is 11.8. The first-order valence-corrected chi connectivity index (χ1v) is 6.69. The third-order valence-corrected chi connectivity index (χ3v) is 3.19. The molecule has 0 radical (unpaired) electrons. The van der Waals surface area contributed by atoms with Gasteiger partial charge in [-0.3, -0.25) is 0 Å². The Morgan fingerprint density at radius 2 is 1.74 bits per heavy atom. The molecule has 0 aliphatic carbocycles. The van der Waals surface area contributed by atoms with E-state index in [9.17, 15) is 0 Å². The molecule has 0 aliphatic heterocycles. The highest BCUT2D eigenvalue weighted by Gasteiger charge is 2.19. The molecule has 2 rings (SSSR count). The smallest absolute Gasteiger partial charge is 0.221 e. The van der Waals surface area contributed by atoms with Crippen molar-refractivity contribution in [3.8, 4) is 0 Å². The van der Waals surface area contributed by atoms with Crippen molar-refractivity contribution in [2.24, 2.45) is 5.73 Å². The number of nitrogens with two attached hydrogens (primary N) is 1. The van der Waals surface area contributed by atoms with Crippen molar-refractivity contribution < 1.29 is 4.42 Å². The maximum atomic E-state index is 5.84. The highest BCUT2D eigenvalue weighted by molar-refractivity contribution is 5.22. The molecule has 1 heterocycles. The van der Waals surface area contributed by atoms with Crippen molar-refractivity contribution in [1.29, 1.82) is 0 Å². The summed E-state index contributed by atoms with van der Waals surface area (Å²) in [7, 11) is 0. The summed E-state index contributed by atoms with van der Waals surface area (Å²) in [6, 6.07) is 8.46. The van der Waals surface area contributed by atoms with Crippen LogP contribution in [0.1, 0.15) is 48.6 Å². The molecule has 0 bridgehead atoms. The maximum absolute atomic E-state index is 5.84. The molecule has 1 aromatic heterocycles. The number of aromatic nitrogens is 2. The summed E-state index contributed by atoms with van der Waals surface area (Å²) in [5, 5.41) is 8.19. The normalized spacial score (nSPS) is 12.9. The van der Waals surface area contributed by atoms with Gasteiger partial charge in [0.15, 0.2) is 0 Å². The molecule has 0 saturated carbocycles. The van der Waals surface area contributed by atoms with Crippen molar-refractivity contribution in [1.82, 2.24) is 10.2 Å². The van der Waals surface area contributed by atoms with Crippen LogP contribution in [0.4, 0.5) is 0 Å². The lowest BCUT2D eigenvalue weighted by molar-refractivity contribution is 0.402. The van der Waals surface area contributed by atoms with Crippen molar-refractivity contribution in [3.63, 3.8) is 0 Å². The number of benzene rings is 1. The summed E-state index contributed by atoms with van der Waals surface area (Å²) in [6.45, 7) is 6.66. The fourth-order valence-electron chi connectivity index (χ4n) is 1.92. The van der Waals surface area contributed by atoms with Gasteiger partial charge in [0.25, 0.3) is 0 Å². The van der Waals surface area contributed by atoms with E-state index in [2.05, 4.69) is 41.4 Å². The fraction of sp³-hybridized carbons (Fsp3) is 0.467. The standard InChI is InChI=1S/C15H21N3O/c1-10(2)14-17-18-15(19-14)13(9-16)8-12-6-4-11(3)5-7-12/h4-7,10,13H,8-9,16H2,1-3H3. The van der Waals surface area contributed by atoms with Crippen LogP contribution in [0, 0.1) is 6.92 Å². The van der Waals surface area contributed by atoms with Crippen molar-refractivity contribution >= 4 is 0 Å². The van der Waals surface area contributed by atoms with Crippen LogP contribution in [-0.4, -0.2) is 16.7 Å². The van der Waals surface area contributed by atoms with Crippen molar-refractivity contribution in [3.05, 3.63) is 47.2 Å². The Bertz CT molecular complexity index is 516. The summed E-state index contributed by atoms with van der Waals surface area (Å²) < 4.78 is 5.69. The maximum Gasteiger partial charge on any atom is 0.221 e. The van der Waals surface area contributed by atoms with Crippen LogP contribution in [0.25, 0.3) is 0 Å². The molecule has 0 aliphatic rings. The van der Waals surface area contributed by atoms with Crippen molar-refractivity contribution in [2.75, 3.05) is 6.54 Å². The monoisotopic (exact) mass is 259 g/mol. The largest absolute Gasteiger partial charge is 0.425 e. The summed E-state index contributed by atoms with van der Waals surface area (Å²) in [6.07, 6.45) is 0.830. The van der Waals surface area contributed by atoms with Crippen LogP contribution >= 0.6 is 0 Å². The predicted molar refractivity (Wildman–Crippen MR) is 75.1 cm³/mol. The number of nitrogens with zero attached hydrogens (tertiary/aromatic N) is 2. The second-order valence-corrected chi connectivity index (χ2v) is 5.26. The molecule has 19 heavy (non-hydrogen) atoms. The number of aryl methyl sites for hydroxylation is 1. The number of hydrogen-bond acceptors (Lipinski definition) is 4. The molecule has 1 unspecified atom stereocenters. The Morgan fingerprint density at radius 1 is 1.11 bits per heavy atom. The molecule has 2 N–H and O–H groups in total. The van der Waals surface area contributed by atoms with E-state index in [1.54, 1.807) is 0 Å². The van der Waals surface area contributed by atoms with Crippen LogP contribution in [0.5, 0.6) is 0 Å². The van der Waals surface area contributed by atoms with Gasteiger partial charge in [-0.1, -0.05) is 43.7 Å². The lowest BCUT2D eigenvalue weighted by atomic mass is 9.99. The zero-order chi connectivity index (χ0) is 13.8. The van der Waals surface area contributed by atoms with E-state index in [4.69, 9.17) is 10.2 Å². The van der Waals surface area contributed by atoms with Gasteiger partial charge in [0.2, 0.25) is 11.8 Å². The van der Waals surface area contributed by atoms with E-state index >= 15 is 0 Å². The van der Waals surface area contributed by atoms with Crippen LogP contribution < -0.4 is 5.73 Å². The molecule has 4 nitrogen and oxygen atoms in total. The molecular formula is C15H21N3O. The van der Waals surface area contributed by atoms with Gasteiger partial charge >= 0.3 is 0 Å². The van der Waals surface area contributed by atoms with E-state index in [1.807, 2.05) is 13.8 Å². The average Bonchev–Trinajstić information content (AvgIpc) is 2.88. The minimum Gasteiger partial charge on any atom is -0.425 e. The molecule has 1 aromatic carbocycles. The Labute approximate surface area is 114 Å². The molecule has 0 amide bonds. The lowest BCUT2D eigenvalue weighted by Crippen LogP contribution is -2.15. The summed E-state index contributed by atoms with van der Waals surface area (Å²) in [5.74, 6) is 1.66. The van der Waals surface area contributed by atoms with E-state index < -0.39 is 0 Å². The Balaban J connectivity index is 2.12. The van der Waals surface area contributed by atoms with E-state index in [0.29, 0.717) is 18.3 Å². The van der Waals surface area contributed by atoms with E-state index in [1.165, 1.54) is 11.1 Å². The quantitative estimate of drug-likeness (QED) is 0.896.